The van der Waals surface area contributed by atoms with Crippen LogP contribution in [0, 0.1) is 11.3 Å². The molecular formula is C15H29ClN2O2. The molecule has 118 valence electrons. The Labute approximate surface area is 128 Å². The summed E-state index contributed by atoms with van der Waals surface area (Å²) in [5, 5.41) is 6.41. The Balaban J connectivity index is 0.00000200. The van der Waals surface area contributed by atoms with Gasteiger partial charge in [-0.15, -0.1) is 12.4 Å². The van der Waals surface area contributed by atoms with E-state index in [2.05, 4.69) is 24.5 Å². The van der Waals surface area contributed by atoms with Gasteiger partial charge >= 0.3 is 0 Å². The van der Waals surface area contributed by atoms with Gasteiger partial charge in [-0.05, 0) is 37.0 Å². The van der Waals surface area contributed by atoms with Crippen LogP contribution in [-0.2, 0) is 9.53 Å². The fourth-order valence-corrected chi connectivity index (χ4v) is 2.97. The third kappa shape index (κ3) is 5.98. The highest BCUT2D eigenvalue weighted by Crippen LogP contribution is 2.37. The van der Waals surface area contributed by atoms with Gasteiger partial charge in [0.1, 0.15) is 0 Å². The van der Waals surface area contributed by atoms with Crippen molar-refractivity contribution in [3.05, 3.63) is 0 Å². The number of rotatable bonds is 4. The average Bonchev–Trinajstić information content (AvgIpc) is 2.39. The Bertz CT molecular complexity index is 294. The molecule has 0 bridgehead atoms. The summed E-state index contributed by atoms with van der Waals surface area (Å²) < 4.78 is 5.36. The van der Waals surface area contributed by atoms with Gasteiger partial charge in [0, 0.05) is 25.6 Å². The number of carbonyl (C=O) groups is 1. The number of halogens is 1. The summed E-state index contributed by atoms with van der Waals surface area (Å²) in [6.45, 7) is 7.81. The number of ether oxygens (including phenoxy) is 1. The molecule has 0 aromatic rings. The molecular weight excluding hydrogens is 276 g/mol. The van der Waals surface area contributed by atoms with E-state index in [4.69, 9.17) is 4.74 Å². The minimum Gasteiger partial charge on any atom is -0.378 e. The minimum absolute atomic E-state index is 0. The summed E-state index contributed by atoms with van der Waals surface area (Å²) in [4.78, 5) is 11.9. The number of hydrogen-bond donors (Lipinski definition) is 2. The van der Waals surface area contributed by atoms with E-state index in [1.54, 1.807) is 0 Å². The van der Waals surface area contributed by atoms with E-state index < -0.39 is 0 Å². The molecule has 1 saturated carbocycles. The van der Waals surface area contributed by atoms with E-state index >= 15 is 0 Å². The van der Waals surface area contributed by atoms with Crippen LogP contribution in [0.1, 0.15) is 46.0 Å². The maximum Gasteiger partial charge on any atom is 0.221 e. The Morgan fingerprint density at radius 3 is 2.65 bits per heavy atom. The van der Waals surface area contributed by atoms with Gasteiger partial charge in [0.25, 0.3) is 0 Å². The molecule has 1 unspecified atom stereocenters. The Morgan fingerprint density at radius 1 is 1.35 bits per heavy atom. The van der Waals surface area contributed by atoms with E-state index in [1.807, 2.05) is 0 Å². The minimum atomic E-state index is 0. The Kier molecular flexibility index (Phi) is 7.27. The molecule has 2 rings (SSSR count). The molecule has 0 spiro atoms. The van der Waals surface area contributed by atoms with Crippen LogP contribution in [0.3, 0.4) is 0 Å². The molecule has 1 aliphatic heterocycles. The zero-order valence-corrected chi connectivity index (χ0v) is 13.6. The van der Waals surface area contributed by atoms with Gasteiger partial charge in [-0.1, -0.05) is 13.8 Å². The zero-order valence-electron chi connectivity index (χ0n) is 12.7. The maximum absolute atomic E-state index is 11.9. The first kappa shape index (κ1) is 17.7. The van der Waals surface area contributed by atoms with Crippen molar-refractivity contribution in [2.75, 3.05) is 26.3 Å². The van der Waals surface area contributed by atoms with Crippen molar-refractivity contribution in [2.45, 2.75) is 52.0 Å². The first-order valence-corrected chi connectivity index (χ1v) is 7.63. The maximum atomic E-state index is 11.9. The first-order chi connectivity index (χ1) is 9.05. The highest BCUT2D eigenvalue weighted by atomic mass is 35.5. The second-order valence-electron chi connectivity index (χ2n) is 6.84. The molecule has 1 heterocycles. The van der Waals surface area contributed by atoms with Crippen molar-refractivity contribution in [1.82, 2.24) is 10.6 Å². The second kappa shape index (κ2) is 8.20. The van der Waals surface area contributed by atoms with Gasteiger partial charge in [0.05, 0.1) is 13.2 Å². The molecule has 0 aromatic carbocycles. The smallest absolute Gasteiger partial charge is 0.221 e. The van der Waals surface area contributed by atoms with Crippen LogP contribution >= 0.6 is 12.4 Å². The molecule has 5 heteroatoms. The summed E-state index contributed by atoms with van der Waals surface area (Å²) in [6, 6.07) is 0.194. The SMILES string of the molecule is CC1(C)CCC(CNC(=O)CC2COCCN2)CC1.Cl. The number of amides is 1. The fourth-order valence-electron chi connectivity index (χ4n) is 2.97. The molecule has 2 aliphatic rings. The van der Waals surface area contributed by atoms with E-state index in [0.717, 1.165) is 19.7 Å². The van der Waals surface area contributed by atoms with Crippen molar-refractivity contribution in [2.24, 2.45) is 11.3 Å². The van der Waals surface area contributed by atoms with Crippen molar-refractivity contribution in [3.8, 4) is 0 Å². The Hall–Kier alpha value is -0.320. The quantitative estimate of drug-likeness (QED) is 0.836. The van der Waals surface area contributed by atoms with Crippen LogP contribution in [0.5, 0.6) is 0 Å². The Morgan fingerprint density at radius 2 is 2.05 bits per heavy atom. The molecule has 20 heavy (non-hydrogen) atoms. The van der Waals surface area contributed by atoms with E-state index in [-0.39, 0.29) is 24.4 Å². The first-order valence-electron chi connectivity index (χ1n) is 7.63. The fraction of sp³-hybridized carbons (Fsp3) is 0.933. The van der Waals surface area contributed by atoms with Crippen LogP contribution in [-0.4, -0.2) is 38.3 Å². The summed E-state index contributed by atoms with van der Waals surface area (Å²) in [7, 11) is 0. The molecule has 0 aromatic heterocycles. The molecule has 0 radical (unpaired) electrons. The highest BCUT2D eigenvalue weighted by molar-refractivity contribution is 5.85. The lowest BCUT2D eigenvalue weighted by Crippen LogP contribution is -2.44. The molecule has 1 atom stereocenters. The van der Waals surface area contributed by atoms with Crippen LogP contribution < -0.4 is 10.6 Å². The topological polar surface area (TPSA) is 50.4 Å². The molecule has 1 saturated heterocycles. The number of carbonyl (C=O) groups excluding carboxylic acids is 1. The van der Waals surface area contributed by atoms with Crippen molar-refractivity contribution < 1.29 is 9.53 Å². The summed E-state index contributed by atoms with van der Waals surface area (Å²) in [6.07, 6.45) is 5.60. The molecule has 2 fully saturated rings. The summed E-state index contributed by atoms with van der Waals surface area (Å²) in [5.74, 6) is 0.834. The largest absolute Gasteiger partial charge is 0.378 e. The van der Waals surface area contributed by atoms with Crippen molar-refractivity contribution in [3.63, 3.8) is 0 Å². The molecule has 1 amide bonds. The van der Waals surface area contributed by atoms with Crippen molar-refractivity contribution in [1.29, 1.82) is 0 Å². The lowest BCUT2D eigenvalue weighted by atomic mass is 9.73. The van der Waals surface area contributed by atoms with Crippen LogP contribution in [0.15, 0.2) is 0 Å². The van der Waals surface area contributed by atoms with E-state index in [0.29, 0.717) is 24.4 Å². The van der Waals surface area contributed by atoms with Gasteiger partial charge < -0.3 is 15.4 Å². The second-order valence-corrected chi connectivity index (χ2v) is 6.84. The predicted molar refractivity (Wildman–Crippen MR) is 83.2 cm³/mol. The monoisotopic (exact) mass is 304 g/mol. The van der Waals surface area contributed by atoms with Gasteiger partial charge in [-0.3, -0.25) is 4.79 Å². The van der Waals surface area contributed by atoms with Crippen molar-refractivity contribution >= 4 is 18.3 Å². The van der Waals surface area contributed by atoms with Crippen LogP contribution in [0.4, 0.5) is 0 Å². The van der Waals surface area contributed by atoms with Gasteiger partial charge in [0.15, 0.2) is 0 Å². The number of hydrogen-bond acceptors (Lipinski definition) is 3. The van der Waals surface area contributed by atoms with Gasteiger partial charge in [-0.2, -0.15) is 0 Å². The van der Waals surface area contributed by atoms with Crippen LogP contribution in [0.25, 0.3) is 0 Å². The molecule has 4 nitrogen and oxygen atoms in total. The number of nitrogens with one attached hydrogen (secondary N) is 2. The third-order valence-electron chi connectivity index (χ3n) is 4.48. The lowest BCUT2D eigenvalue weighted by molar-refractivity contribution is -0.122. The summed E-state index contributed by atoms with van der Waals surface area (Å²) in [5.41, 5.74) is 0.504. The molecule has 1 aliphatic carbocycles. The van der Waals surface area contributed by atoms with E-state index in [1.165, 1.54) is 25.7 Å². The number of morpholine rings is 1. The van der Waals surface area contributed by atoms with Crippen LogP contribution in [0.2, 0.25) is 0 Å². The third-order valence-corrected chi connectivity index (χ3v) is 4.48. The highest BCUT2D eigenvalue weighted by Gasteiger charge is 2.27. The van der Waals surface area contributed by atoms with E-state index in [9.17, 15) is 4.79 Å². The molecule has 2 N–H and O–H groups in total. The normalized spacial score (nSPS) is 26.6. The summed E-state index contributed by atoms with van der Waals surface area (Å²) >= 11 is 0. The lowest BCUT2D eigenvalue weighted by Gasteiger charge is -2.34. The van der Waals surface area contributed by atoms with Gasteiger partial charge in [0.2, 0.25) is 5.91 Å². The predicted octanol–water partition coefficient (Wildman–Crippen LogP) is 2.12. The standard InChI is InChI=1S/C15H28N2O2.ClH/c1-15(2)5-3-12(4-6-15)10-17-14(18)9-13-11-19-8-7-16-13;/h12-13,16H,3-11H2,1-2H3,(H,17,18);1H. The van der Waals surface area contributed by atoms with Gasteiger partial charge in [-0.25, -0.2) is 0 Å². The zero-order chi connectivity index (χ0) is 13.7. The average molecular weight is 305 g/mol.